The van der Waals surface area contributed by atoms with E-state index in [9.17, 15) is 4.79 Å². The van der Waals surface area contributed by atoms with Crippen molar-refractivity contribution in [1.29, 1.82) is 0 Å². The maximum absolute atomic E-state index is 11.5. The van der Waals surface area contributed by atoms with E-state index in [0.29, 0.717) is 5.69 Å². The van der Waals surface area contributed by atoms with Crippen molar-refractivity contribution in [2.24, 2.45) is 0 Å². The molecule has 0 fully saturated rings. The highest BCUT2D eigenvalue weighted by Gasteiger charge is 2.03. The fourth-order valence-electron chi connectivity index (χ4n) is 1.47. The molecular weight excluding hydrogens is 202 g/mol. The zero-order chi connectivity index (χ0) is 11.5. The van der Waals surface area contributed by atoms with E-state index in [0.717, 1.165) is 11.3 Å². The molecule has 0 aliphatic rings. The fourth-order valence-corrected chi connectivity index (χ4v) is 1.47. The van der Waals surface area contributed by atoms with Gasteiger partial charge in [0.05, 0.1) is 0 Å². The summed E-state index contributed by atoms with van der Waals surface area (Å²) >= 11 is 0. The van der Waals surface area contributed by atoms with E-state index >= 15 is 0 Å². The molecule has 1 N–H and O–H groups in total. The van der Waals surface area contributed by atoms with E-state index in [4.69, 9.17) is 0 Å². The van der Waals surface area contributed by atoms with Crippen molar-refractivity contribution in [3.05, 3.63) is 47.0 Å². The summed E-state index contributed by atoms with van der Waals surface area (Å²) in [6.07, 6.45) is 3.11. The van der Waals surface area contributed by atoms with E-state index in [-0.39, 0.29) is 5.56 Å². The minimum Gasteiger partial charge on any atom is -0.378 e. The summed E-state index contributed by atoms with van der Waals surface area (Å²) in [5.41, 5.74) is 2.21. The van der Waals surface area contributed by atoms with Crippen LogP contribution in [0.4, 0.5) is 5.69 Å². The van der Waals surface area contributed by atoms with Crippen molar-refractivity contribution in [3.63, 3.8) is 0 Å². The van der Waals surface area contributed by atoms with Crippen LogP contribution in [0.25, 0.3) is 11.3 Å². The van der Waals surface area contributed by atoms with Gasteiger partial charge in [0.2, 0.25) is 0 Å². The third kappa shape index (κ3) is 1.95. The van der Waals surface area contributed by atoms with Crippen LogP contribution >= 0.6 is 0 Å². The summed E-state index contributed by atoms with van der Waals surface area (Å²) in [5, 5.41) is 0. The van der Waals surface area contributed by atoms with Crippen LogP contribution < -0.4 is 10.5 Å². The Morgan fingerprint density at radius 2 is 1.88 bits per heavy atom. The topological polar surface area (TPSA) is 49.0 Å². The van der Waals surface area contributed by atoms with Gasteiger partial charge in [-0.1, -0.05) is 12.1 Å². The SMILES string of the molecule is CN(C)c1ccc(-c2ncc[nH]c2=O)cc1. The van der Waals surface area contributed by atoms with Crippen LogP contribution in [0.3, 0.4) is 0 Å². The average Bonchev–Trinajstić information content (AvgIpc) is 2.30. The van der Waals surface area contributed by atoms with Gasteiger partial charge < -0.3 is 9.88 Å². The van der Waals surface area contributed by atoms with E-state index < -0.39 is 0 Å². The predicted octanol–water partition coefficient (Wildman–Crippen LogP) is 1.50. The highest BCUT2D eigenvalue weighted by atomic mass is 16.1. The van der Waals surface area contributed by atoms with E-state index in [1.165, 1.54) is 6.20 Å². The normalized spacial score (nSPS) is 10.1. The van der Waals surface area contributed by atoms with Gasteiger partial charge in [0.1, 0.15) is 5.69 Å². The Hall–Kier alpha value is -2.10. The van der Waals surface area contributed by atoms with Gasteiger partial charge in [0, 0.05) is 37.7 Å². The van der Waals surface area contributed by atoms with E-state index in [1.807, 2.05) is 43.3 Å². The fraction of sp³-hybridized carbons (Fsp3) is 0.167. The number of anilines is 1. The van der Waals surface area contributed by atoms with Gasteiger partial charge in [-0.15, -0.1) is 0 Å². The number of H-pyrrole nitrogens is 1. The molecule has 0 unspecified atom stereocenters. The molecule has 0 aliphatic carbocycles. The average molecular weight is 215 g/mol. The third-order valence-electron chi connectivity index (χ3n) is 2.36. The Balaban J connectivity index is 2.43. The lowest BCUT2D eigenvalue weighted by atomic mass is 10.1. The lowest BCUT2D eigenvalue weighted by Crippen LogP contribution is -2.10. The number of aromatic nitrogens is 2. The van der Waals surface area contributed by atoms with Gasteiger partial charge in [-0.25, -0.2) is 4.98 Å². The third-order valence-corrected chi connectivity index (χ3v) is 2.36. The second kappa shape index (κ2) is 4.18. The van der Waals surface area contributed by atoms with Crippen molar-refractivity contribution in [2.45, 2.75) is 0 Å². The van der Waals surface area contributed by atoms with Crippen LogP contribution in [-0.2, 0) is 0 Å². The van der Waals surface area contributed by atoms with Crippen LogP contribution in [0.2, 0.25) is 0 Å². The first-order valence-corrected chi connectivity index (χ1v) is 5.00. The van der Waals surface area contributed by atoms with Gasteiger partial charge in [0.15, 0.2) is 0 Å². The molecule has 2 aromatic rings. The lowest BCUT2D eigenvalue weighted by molar-refractivity contribution is 1.13. The molecule has 0 atom stereocenters. The molecule has 0 spiro atoms. The van der Waals surface area contributed by atoms with Crippen LogP contribution in [0.15, 0.2) is 41.5 Å². The van der Waals surface area contributed by atoms with Crippen molar-refractivity contribution < 1.29 is 0 Å². The molecule has 0 saturated carbocycles. The van der Waals surface area contributed by atoms with Crippen molar-refractivity contribution in [2.75, 3.05) is 19.0 Å². The van der Waals surface area contributed by atoms with Gasteiger partial charge in [0.25, 0.3) is 5.56 Å². The quantitative estimate of drug-likeness (QED) is 0.826. The number of rotatable bonds is 2. The molecule has 0 saturated heterocycles. The molecule has 82 valence electrons. The number of benzene rings is 1. The summed E-state index contributed by atoms with van der Waals surface area (Å²) in [6, 6.07) is 7.72. The number of aromatic amines is 1. The van der Waals surface area contributed by atoms with E-state index in [2.05, 4.69) is 9.97 Å². The Morgan fingerprint density at radius 1 is 1.19 bits per heavy atom. The van der Waals surface area contributed by atoms with Crippen molar-refractivity contribution >= 4 is 5.69 Å². The first-order valence-electron chi connectivity index (χ1n) is 5.00. The molecular formula is C12H13N3O. The largest absolute Gasteiger partial charge is 0.378 e. The summed E-state index contributed by atoms with van der Waals surface area (Å²) in [4.78, 5) is 20.2. The van der Waals surface area contributed by atoms with Crippen molar-refractivity contribution in [3.8, 4) is 11.3 Å². The molecule has 0 aliphatic heterocycles. The summed E-state index contributed by atoms with van der Waals surface area (Å²) in [7, 11) is 3.95. The number of hydrogen-bond donors (Lipinski definition) is 1. The Kier molecular flexibility index (Phi) is 2.72. The van der Waals surface area contributed by atoms with Gasteiger partial charge in [-0.2, -0.15) is 0 Å². The monoisotopic (exact) mass is 215 g/mol. The Morgan fingerprint density at radius 3 is 2.44 bits per heavy atom. The molecule has 0 amide bonds. The molecule has 2 rings (SSSR count). The van der Waals surface area contributed by atoms with Crippen molar-refractivity contribution in [1.82, 2.24) is 9.97 Å². The van der Waals surface area contributed by atoms with Gasteiger partial charge in [-0.05, 0) is 12.1 Å². The molecule has 1 aromatic heterocycles. The first-order chi connectivity index (χ1) is 7.68. The smallest absolute Gasteiger partial charge is 0.274 e. The highest BCUT2D eigenvalue weighted by Crippen LogP contribution is 2.17. The predicted molar refractivity (Wildman–Crippen MR) is 64.6 cm³/mol. The molecule has 0 radical (unpaired) electrons. The minimum absolute atomic E-state index is 0.167. The highest BCUT2D eigenvalue weighted by molar-refractivity contribution is 5.61. The zero-order valence-corrected chi connectivity index (χ0v) is 9.27. The molecule has 16 heavy (non-hydrogen) atoms. The Bertz CT molecular complexity index is 528. The summed E-state index contributed by atoms with van der Waals surface area (Å²) in [6.45, 7) is 0. The second-order valence-corrected chi connectivity index (χ2v) is 3.71. The summed E-state index contributed by atoms with van der Waals surface area (Å²) in [5.74, 6) is 0. The van der Waals surface area contributed by atoms with E-state index in [1.54, 1.807) is 6.20 Å². The van der Waals surface area contributed by atoms with Crippen LogP contribution in [0.5, 0.6) is 0 Å². The van der Waals surface area contributed by atoms with Crippen LogP contribution in [0.1, 0.15) is 0 Å². The minimum atomic E-state index is -0.167. The number of nitrogens with one attached hydrogen (secondary N) is 1. The van der Waals surface area contributed by atoms with Crippen LogP contribution in [-0.4, -0.2) is 24.1 Å². The first kappa shape index (κ1) is 10.4. The van der Waals surface area contributed by atoms with Gasteiger partial charge >= 0.3 is 0 Å². The molecule has 1 heterocycles. The summed E-state index contributed by atoms with van der Waals surface area (Å²) < 4.78 is 0. The standard InChI is InChI=1S/C12H13N3O/c1-15(2)10-5-3-9(4-6-10)11-12(16)14-8-7-13-11/h3-8H,1-2H3,(H,14,16). The number of hydrogen-bond acceptors (Lipinski definition) is 3. The molecule has 1 aromatic carbocycles. The molecule has 4 nitrogen and oxygen atoms in total. The Labute approximate surface area is 93.6 Å². The molecule has 0 bridgehead atoms. The van der Waals surface area contributed by atoms with Gasteiger partial charge in [-0.3, -0.25) is 4.79 Å². The zero-order valence-electron chi connectivity index (χ0n) is 9.27. The maximum Gasteiger partial charge on any atom is 0.274 e. The molecule has 4 heteroatoms. The number of nitrogens with zero attached hydrogens (tertiary/aromatic N) is 2. The van der Waals surface area contributed by atoms with Crippen LogP contribution in [0, 0.1) is 0 Å². The maximum atomic E-state index is 11.5. The lowest BCUT2D eigenvalue weighted by Gasteiger charge is -2.12. The second-order valence-electron chi connectivity index (χ2n) is 3.71.